The third-order valence-electron chi connectivity index (χ3n) is 5.04. The van der Waals surface area contributed by atoms with Gasteiger partial charge < -0.3 is 9.47 Å². The second-order valence-corrected chi connectivity index (χ2v) is 7.62. The van der Waals surface area contributed by atoms with Gasteiger partial charge in [-0.05, 0) is 46.9 Å². The van der Waals surface area contributed by atoms with Crippen molar-refractivity contribution in [2.45, 2.75) is 26.4 Å². The minimum Gasteiger partial charge on any atom is -0.489 e. The Morgan fingerprint density at radius 1 is 0.900 bits per heavy atom. The van der Waals surface area contributed by atoms with Crippen LogP contribution in [0.15, 0.2) is 90.5 Å². The molecule has 150 valence electrons. The average Bonchev–Trinajstić information content (AvgIpc) is 3.14. The molecule has 0 radical (unpaired) electrons. The van der Waals surface area contributed by atoms with Gasteiger partial charge in [0.15, 0.2) is 0 Å². The predicted octanol–water partition coefficient (Wildman–Crippen LogP) is 6.37. The smallest absolute Gasteiger partial charge is 0.343 e. The summed E-state index contributed by atoms with van der Waals surface area (Å²) < 4.78 is 11.3. The van der Waals surface area contributed by atoms with E-state index < -0.39 is 0 Å². The molecule has 0 unspecified atom stereocenters. The van der Waals surface area contributed by atoms with Gasteiger partial charge in [-0.15, -0.1) is 0 Å². The Morgan fingerprint density at radius 2 is 1.60 bits per heavy atom. The monoisotopic (exact) mass is 396 g/mol. The van der Waals surface area contributed by atoms with E-state index in [1.807, 2.05) is 72.8 Å². The van der Waals surface area contributed by atoms with Crippen LogP contribution in [-0.4, -0.2) is 5.97 Å². The number of hydrogen-bond acceptors (Lipinski definition) is 3. The lowest BCUT2D eigenvalue weighted by Gasteiger charge is -2.06. The molecule has 3 aromatic carbocycles. The zero-order chi connectivity index (χ0) is 20.9. The molecule has 1 aliphatic rings. The SMILES string of the molecule is CC(C)c1ccc(C2=C/C(=C\c3ccc(OCc4ccccc4)cc3)C(=O)O2)cc1. The molecule has 1 aliphatic heterocycles. The van der Waals surface area contributed by atoms with E-state index in [-0.39, 0.29) is 5.97 Å². The van der Waals surface area contributed by atoms with Gasteiger partial charge in [0.05, 0.1) is 5.57 Å². The maximum Gasteiger partial charge on any atom is 0.343 e. The number of carbonyl (C=O) groups is 1. The first kappa shape index (κ1) is 19.7. The molecule has 0 bridgehead atoms. The van der Waals surface area contributed by atoms with Gasteiger partial charge in [-0.1, -0.05) is 80.6 Å². The summed E-state index contributed by atoms with van der Waals surface area (Å²) in [5, 5.41) is 0. The molecule has 0 N–H and O–H groups in total. The highest BCUT2D eigenvalue weighted by molar-refractivity contribution is 6.05. The number of ether oxygens (including phenoxy) is 2. The minimum atomic E-state index is -0.331. The molecule has 0 spiro atoms. The van der Waals surface area contributed by atoms with Gasteiger partial charge in [0.25, 0.3) is 0 Å². The second-order valence-electron chi connectivity index (χ2n) is 7.62. The summed E-state index contributed by atoms with van der Waals surface area (Å²) in [6, 6.07) is 25.9. The average molecular weight is 396 g/mol. The number of benzene rings is 3. The van der Waals surface area contributed by atoms with Crippen molar-refractivity contribution in [3.05, 3.63) is 113 Å². The lowest BCUT2D eigenvalue weighted by molar-refractivity contribution is -0.130. The summed E-state index contributed by atoms with van der Waals surface area (Å²) in [7, 11) is 0. The Kier molecular flexibility index (Phi) is 5.80. The highest BCUT2D eigenvalue weighted by Gasteiger charge is 2.22. The lowest BCUT2D eigenvalue weighted by atomic mass is 10.0. The van der Waals surface area contributed by atoms with Gasteiger partial charge in [-0.3, -0.25) is 0 Å². The highest BCUT2D eigenvalue weighted by Crippen LogP contribution is 2.29. The van der Waals surface area contributed by atoms with Crippen LogP contribution in [0.3, 0.4) is 0 Å². The van der Waals surface area contributed by atoms with Gasteiger partial charge in [0, 0.05) is 5.56 Å². The fraction of sp³-hybridized carbons (Fsp3) is 0.148. The van der Waals surface area contributed by atoms with Crippen LogP contribution < -0.4 is 4.74 Å². The van der Waals surface area contributed by atoms with E-state index in [0.717, 1.165) is 22.4 Å². The molecular weight excluding hydrogens is 372 g/mol. The van der Waals surface area contributed by atoms with Crippen LogP contribution in [0.1, 0.15) is 42.0 Å². The Balaban J connectivity index is 1.45. The normalized spacial score (nSPS) is 14.7. The molecular formula is C27H24O3. The summed E-state index contributed by atoms with van der Waals surface area (Å²) in [5.41, 5.74) is 4.74. The predicted molar refractivity (Wildman–Crippen MR) is 120 cm³/mol. The van der Waals surface area contributed by atoms with E-state index in [4.69, 9.17) is 9.47 Å². The summed E-state index contributed by atoms with van der Waals surface area (Å²) >= 11 is 0. The molecule has 0 aromatic heterocycles. The van der Waals surface area contributed by atoms with Crippen molar-refractivity contribution in [2.24, 2.45) is 0 Å². The maximum absolute atomic E-state index is 12.3. The first-order chi connectivity index (χ1) is 14.6. The molecule has 4 rings (SSSR count). The zero-order valence-corrected chi connectivity index (χ0v) is 17.2. The Bertz CT molecular complexity index is 1070. The van der Waals surface area contributed by atoms with E-state index >= 15 is 0 Å². The topological polar surface area (TPSA) is 35.5 Å². The Hall–Kier alpha value is -3.59. The largest absolute Gasteiger partial charge is 0.489 e. The van der Waals surface area contributed by atoms with Crippen LogP contribution in [0.2, 0.25) is 0 Å². The van der Waals surface area contributed by atoms with Crippen LogP contribution >= 0.6 is 0 Å². The zero-order valence-electron chi connectivity index (χ0n) is 17.2. The van der Waals surface area contributed by atoms with Gasteiger partial charge in [-0.2, -0.15) is 0 Å². The van der Waals surface area contributed by atoms with E-state index in [1.54, 1.807) is 6.08 Å². The Morgan fingerprint density at radius 3 is 2.27 bits per heavy atom. The van der Waals surface area contributed by atoms with Crippen LogP contribution in [0.4, 0.5) is 0 Å². The minimum absolute atomic E-state index is 0.331. The maximum atomic E-state index is 12.3. The number of rotatable bonds is 6. The first-order valence-electron chi connectivity index (χ1n) is 10.1. The first-order valence-corrected chi connectivity index (χ1v) is 10.1. The third-order valence-corrected chi connectivity index (χ3v) is 5.04. The molecule has 3 heteroatoms. The fourth-order valence-electron chi connectivity index (χ4n) is 3.24. The summed E-state index contributed by atoms with van der Waals surface area (Å²) in [5.74, 6) is 1.51. The quantitative estimate of drug-likeness (QED) is 0.359. The number of cyclic esters (lactones) is 1. The standard InChI is InChI=1S/C27H24O3/c1-19(2)22-10-12-23(13-11-22)26-17-24(27(28)30-26)16-20-8-14-25(15-9-20)29-18-21-6-4-3-5-7-21/h3-17,19H,18H2,1-2H3/b24-16+. The summed E-state index contributed by atoms with van der Waals surface area (Å²) in [4.78, 5) is 12.3. The molecule has 30 heavy (non-hydrogen) atoms. The van der Waals surface area contributed by atoms with E-state index in [9.17, 15) is 4.79 Å². The van der Waals surface area contributed by atoms with Crippen LogP contribution in [0.25, 0.3) is 11.8 Å². The van der Waals surface area contributed by atoms with Gasteiger partial charge in [0.2, 0.25) is 0 Å². The fourth-order valence-corrected chi connectivity index (χ4v) is 3.24. The van der Waals surface area contributed by atoms with Gasteiger partial charge in [-0.25, -0.2) is 4.79 Å². The highest BCUT2D eigenvalue weighted by atomic mass is 16.5. The van der Waals surface area contributed by atoms with Crippen molar-refractivity contribution < 1.29 is 14.3 Å². The number of carbonyl (C=O) groups excluding carboxylic acids is 1. The third kappa shape index (κ3) is 4.69. The molecule has 0 atom stereocenters. The van der Waals surface area contributed by atoms with Gasteiger partial charge >= 0.3 is 5.97 Å². The molecule has 0 fully saturated rings. The molecule has 0 saturated heterocycles. The number of hydrogen-bond donors (Lipinski definition) is 0. The van der Waals surface area contributed by atoms with E-state index in [1.165, 1.54) is 5.56 Å². The van der Waals surface area contributed by atoms with E-state index in [0.29, 0.717) is 23.9 Å². The van der Waals surface area contributed by atoms with Crippen molar-refractivity contribution in [1.29, 1.82) is 0 Å². The number of esters is 1. The lowest BCUT2D eigenvalue weighted by Crippen LogP contribution is -1.97. The van der Waals surface area contributed by atoms with Crippen molar-refractivity contribution in [3.8, 4) is 5.75 Å². The van der Waals surface area contributed by atoms with E-state index in [2.05, 4.69) is 26.0 Å². The van der Waals surface area contributed by atoms with Crippen LogP contribution in [0.5, 0.6) is 5.75 Å². The van der Waals surface area contributed by atoms with Crippen molar-refractivity contribution in [3.63, 3.8) is 0 Å². The van der Waals surface area contributed by atoms with Crippen molar-refractivity contribution in [2.75, 3.05) is 0 Å². The molecule has 0 aliphatic carbocycles. The van der Waals surface area contributed by atoms with Crippen LogP contribution in [-0.2, 0) is 16.1 Å². The summed E-state index contributed by atoms with van der Waals surface area (Å²) in [6.07, 6.45) is 3.63. The molecule has 3 aromatic rings. The molecule has 3 nitrogen and oxygen atoms in total. The van der Waals surface area contributed by atoms with Crippen molar-refractivity contribution >= 4 is 17.8 Å². The van der Waals surface area contributed by atoms with Crippen LogP contribution in [0, 0.1) is 0 Å². The Labute approximate surface area is 177 Å². The summed E-state index contributed by atoms with van der Waals surface area (Å²) in [6.45, 7) is 4.83. The molecule has 0 amide bonds. The molecule has 0 saturated carbocycles. The van der Waals surface area contributed by atoms with Crippen molar-refractivity contribution in [1.82, 2.24) is 0 Å². The second kappa shape index (κ2) is 8.83. The molecule has 1 heterocycles. The van der Waals surface area contributed by atoms with Gasteiger partial charge in [0.1, 0.15) is 18.1 Å².